The van der Waals surface area contributed by atoms with Gasteiger partial charge in [0.1, 0.15) is 5.82 Å². The lowest BCUT2D eigenvalue weighted by Crippen LogP contribution is -2.21. The predicted molar refractivity (Wildman–Crippen MR) is 99.4 cm³/mol. The van der Waals surface area contributed by atoms with E-state index in [0.717, 1.165) is 5.56 Å². The molecule has 2 N–H and O–H groups in total. The van der Waals surface area contributed by atoms with Crippen molar-refractivity contribution in [3.05, 3.63) is 70.5 Å². The number of aromatic amines is 1. The minimum atomic E-state index is -0.603. The summed E-state index contributed by atoms with van der Waals surface area (Å²) in [6, 6.07) is 11.4. The third kappa shape index (κ3) is 4.41. The molecule has 0 saturated heterocycles. The molecule has 26 heavy (non-hydrogen) atoms. The number of esters is 1. The van der Waals surface area contributed by atoms with Crippen LogP contribution >= 0.6 is 23.2 Å². The number of hydrogen-bond acceptors (Lipinski definition) is 4. The Kier molecular flexibility index (Phi) is 5.55. The third-order valence-electron chi connectivity index (χ3n) is 3.43. The zero-order valence-electron chi connectivity index (χ0n) is 13.3. The van der Waals surface area contributed by atoms with Gasteiger partial charge in [-0.2, -0.15) is 0 Å². The molecule has 0 aliphatic rings. The van der Waals surface area contributed by atoms with E-state index in [9.17, 15) is 9.59 Å². The summed E-state index contributed by atoms with van der Waals surface area (Å²) in [5, 5.41) is 3.31. The van der Waals surface area contributed by atoms with Crippen LogP contribution in [-0.4, -0.2) is 28.5 Å². The van der Waals surface area contributed by atoms with E-state index in [2.05, 4.69) is 15.3 Å². The molecule has 0 aliphatic carbocycles. The molecular weight excluding hydrogens is 377 g/mol. The summed E-state index contributed by atoms with van der Waals surface area (Å²) in [6.07, 6.45) is 3.35. The Morgan fingerprint density at radius 1 is 1.12 bits per heavy atom. The lowest BCUT2D eigenvalue weighted by molar-refractivity contribution is -0.119. The van der Waals surface area contributed by atoms with E-state index in [-0.39, 0.29) is 0 Å². The zero-order valence-corrected chi connectivity index (χ0v) is 14.8. The largest absolute Gasteiger partial charge is 0.452 e. The first-order valence-corrected chi connectivity index (χ1v) is 8.30. The number of benzene rings is 2. The average molecular weight is 390 g/mol. The Balaban J connectivity index is 1.55. The molecule has 1 heterocycles. The highest BCUT2D eigenvalue weighted by Gasteiger charge is 2.12. The maximum Gasteiger partial charge on any atom is 0.338 e. The summed E-state index contributed by atoms with van der Waals surface area (Å²) in [5.41, 5.74) is 1.55. The van der Waals surface area contributed by atoms with Gasteiger partial charge in [-0.15, -0.1) is 0 Å². The van der Waals surface area contributed by atoms with Crippen molar-refractivity contribution in [1.29, 1.82) is 0 Å². The van der Waals surface area contributed by atoms with E-state index in [1.165, 1.54) is 6.07 Å². The van der Waals surface area contributed by atoms with Crippen molar-refractivity contribution in [2.75, 3.05) is 11.9 Å². The number of hydrogen-bond donors (Lipinski definition) is 2. The molecule has 0 unspecified atom stereocenters. The quantitative estimate of drug-likeness (QED) is 0.641. The van der Waals surface area contributed by atoms with Gasteiger partial charge in [-0.3, -0.25) is 4.79 Å². The topological polar surface area (TPSA) is 84.1 Å². The second-order valence-corrected chi connectivity index (χ2v) is 6.11. The van der Waals surface area contributed by atoms with E-state index < -0.39 is 18.5 Å². The van der Waals surface area contributed by atoms with Crippen LogP contribution in [0.25, 0.3) is 11.4 Å². The van der Waals surface area contributed by atoms with Gasteiger partial charge in [0.2, 0.25) is 0 Å². The molecule has 0 radical (unpaired) electrons. The van der Waals surface area contributed by atoms with Crippen LogP contribution in [0.2, 0.25) is 10.0 Å². The van der Waals surface area contributed by atoms with Gasteiger partial charge in [-0.1, -0.05) is 35.3 Å². The van der Waals surface area contributed by atoms with Gasteiger partial charge in [0, 0.05) is 23.0 Å². The maximum atomic E-state index is 12.0. The molecule has 0 atom stereocenters. The molecule has 1 amide bonds. The number of nitrogens with zero attached hydrogens (tertiary/aromatic N) is 1. The average Bonchev–Trinajstić information content (AvgIpc) is 3.17. The molecular formula is C18H13Cl2N3O3. The number of carbonyl (C=O) groups is 2. The van der Waals surface area contributed by atoms with E-state index in [1.54, 1.807) is 48.8 Å². The first kappa shape index (κ1) is 18.0. The highest BCUT2D eigenvalue weighted by Crippen LogP contribution is 2.25. The van der Waals surface area contributed by atoms with Gasteiger partial charge in [0.15, 0.2) is 6.61 Å². The van der Waals surface area contributed by atoms with Crippen LogP contribution in [0.1, 0.15) is 10.4 Å². The number of imidazole rings is 1. The zero-order chi connectivity index (χ0) is 18.5. The number of aromatic nitrogens is 2. The monoisotopic (exact) mass is 389 g/mol. The van der Waals surface area contributed by atoms with Crippen molar-refractivity contribution in [1.82, 2.24) is 9.97 Å². The molecule has 0 bridgehead atoms. The summed E-state index contributed by atoms with van der Waals surface area (Å²) in [4.78, 5) is 31.0. The molecule has 1 aromatic heterocycles. The molecule has 0 aliphatic heterocycles. The molecule has 3 rings (SSSR count). The van der Waals surface area contributed by atoms with Crippen LogP contribution in [0.5, 0.6) is 0 Å². The van der Waals surface area contributed by atoms with Gasteiger partial charge in [-0.25, -0.2) is 9.78 Å². The normalized spacial score (nSPS) is 10.4. The molecule has 2 aromatic carbocycles. The Morgan fingerprint density at radius 3 is 2.54 bits per heavy atom. The van der Waals surface area contributed by atoms with Gasteiger partial charge < -0.3 is 15.0 Å². The number of carbonyl (C=O) groups excluding carboxylic acids is 2. The fraction of sp³-hybridized carbons (Fsp3) is 0.0556. The molecule has 132 valence electrons. The second kappa shape index (κ2) is 8.03. The van der Waals surface area contributed by atoms with Crippen LogP contribution in [0.3, 0.4) is 0 Å². The highest BCUT2D eigenvalue weighted by atomic mass is 35.5. The third-order valence-corrected chi connectivity index (χ3v) is 3.98. The van der Waals surface area contributed by atoms with Crippen LogP contribution in [0, 0.1) is 0 Å². The number of halogens is 2. The van der Waals surface area contributed by atoms with Crippen LogP contribution < -0.4 is 5.32 Å². The Hall–Kier alpha value is -2.83. The number of rotatable bonds is 5. The van der Waals surface area contributed by atoms with Crippen molar-refractivity contribution in [2.45, 2.75) is 0 Å². The van der Waals surface area contributed by atoms with Crippen LogP contribution in [-0.2, 0) is 9.53 Å². The van der Waals surface area contributed by atoms with Gasteiger partial charge in [0.05, 0.1) is 16.3 Å². The lowest BCUT2D eigenvalue weighted by Gasteiger charge is -2.08. The predicted octanol–water partition coefficient (Wildman–Crippen LogP) is 4.18. The molecule has 6 nitrogen and oxygen atoms in total. The first-order valence-electron chi connectivity index (χ1n) is 7.55. The van der Waals surface area contributed by atoms with E-state index in [4.69, 9.17) is 27.9 Å². The van der Waals surface area contributed by atoms with Crippen molar-refractivity contribution in [3.63, 3.8) is 0 Å². The van der Waals surface area contributed by atoms with E-state index in [0.29, 0.717) is 27.1 Å². The van der Waals surface area contributed by atoms with Crippen molar-refractivity contribution in [3.8, 4) is 11.4 Å². The highest BCUT2D eigenvalue weighted by molar-refractivity contribution is 6.36. The van der Waals surface area contributed by atoms with Crippen molar-refractivity contribution >= 4 is 40.8 Å². The second-order valence-electron chi connectivity index (χ2n) is 5.26. The smallest absolute Gasteiger partial charge is 0.338 e. The Bertz CT molecular complexity index is 925. The molecule has 0 saturated carbocycles. The van der Waals surface area contributed by atoms with Crippen molar-refractivity contribution in [2.24, 2.45) is 0 Å². The standard InChI is InChI=1S/C18H13Cl2N3O3/c19-13-5-6-15(14(20)9-13)23-16(24)10-26-18(25)12-3-1-11(2-4-12)17-21-7-8-22-17/h1-9H,10H2,(H,21,22)(H,23,24). The molecule has 0 spiro atoms. The van der Waals surface area contributed by atoms with Crippen LogP contribution in [0.4, 0.5) is 5.69 Å². The van der Waals surface area contributed by atoms with E-state index >= 15 is 0 Å². The minimum absolute atomic E-state index is 0.297. The Labute approximate surface area is 159 Å². The first-order chi connectivity index (χ1) is 12.5. The molecule has 3 aromatic rings. The number of amides is 1. The fourth-order valence-electron chi connectivity index (χ4n) is 2.18. The number of nitrogens with one attached hydrogen (secondary N) is 2. The Morgan fingerprint density at radius 2 is 1.88 bits per heavy atom. The van der Waals surface area contributed by atoms with Gasteiger partial charge in [0.25, 0.3) is 5.91 Å². The number of H-pyrrole nitrogens is 1. The number of ether oxygens (including phenoxy) is 1. The summed E-state index contributed by atoms with van der Waals surface area (Å²) in [7, 11) is 0. The number of anilines is 1. The molecule has 8 heteroatoms. The SMILES string of the molecule is O=C(COC(=O)c1ccc(-c2ncc[nH]2)cc1)Nc1ccc(Cl)cc1Cl. The maximum absolute atomic E-state index is 12.0. The summed E-state index contributed by atoms with van der Waals surface area (Å²) in [5.74, 6) is -0.410. The fourth-order valence-corrected chi connectivity index (χ4v) is 2.63. The summed E-state index contributed by atoms with van der Waals surface area (Å²) < 4.78 is 5.01. The van der Waals surface area contributed by atoms with Gasteiger partial charge >= 0.3 is 5.97 Å². The van der Waals surface area contributed by atoms with Crippen molar-refractivity contribution < 1.29 is 14.3 Å². The van der Waals surface area contributed by atoms with Gasteiger partial charge in [-0.05, 0) is 30.3 Å². The summed E-state index contributed by atoms with van der Waals surface area (Å²) in [6.45, 7) is -0.433. The van der Waals surface area contributed by atoms with E-state index in [1.807, 2.05) is 0 Å². The minimum Gasteiger partial charge on any atom is -0.452 e. The summed E-state index contributed by atoms with van der Waals surface area (Å²) >= 11 is 11.8. The van der Waals surface area contributed by atoms with Crippen LogP contribution in [0.15, 0.2) is 54.9 Å². The molecule has 0 fully saturated rings. The lowest BCUT2D eigenvalue weighted by atomic mass is 10.1.